The first kappa shape index (κ1) is 12.5. The Bertz CT molecular complexity index is 200. The van der Waals surface area contributed by atoms with Crippen LogP contribution in [-0.2, 0) is 14.3 Å². The van der Waals surface area contributed by atoms with E-state index in [4.69, 9.17) is 9.47 Å². The van der Waals surface area contributed by atoms with E-state index in [9.17, 15) is 4.79 Å². The summed E-state index contributed by atoms with van der Waals surface area (Å²) in [6.45, 7) is 5.59. The summed E-state index contributed by atoms with van der Waals surface area (Å²) in [5.41, 5.74) is 0. The molecule has 0 amide bonds. The molecule has 4 heteroatoms. The molecule has 0 radical (unpaired) electrons. The average Bonchev–Trinajstić information content (AvgIpc) is 2.70. The van der Waals surface area contributed by atoms with Gasteiger partial charge in [-0.1, -0.05) is 13.8 Å². The molecule has 1 saturated heterocycles. The summed E-state index contributed by atoms with van der Waals surface area (Å²) in [4.78, 5) is 11.4. The minimum atomic E-state index is -0.223. The number of carbonyl (C=O) groups excluding carboxylic acids is 1. The highest BCUT2D eigenvalue weighted by molar-refractivity contribution is 5.75. The first-order chi connectivity index (χ1) is 7.15. The minimum absolute atomic E-state index is 0.192. The first-order valence-corrected chi connectivity index (χ1v) is 5.58. The van der Waals surface area contributed by atoms with Gasteiger partial charge < -0.3 is 14.8 Å². The van der Waals surface area contributed by atoms with Gasteiger partial charge in [0.25, 0.3) is 0 Å². The normalized spacial score (nSPS) is 23.1. The van der Waals surface area contributed by atoms with Gasteiger partial charge in [0.15, 0.2) is 0 Å². The molecule has 0 spiro atoms. The molecule has 2 atom stereocenters. The number of rotatable bonds is 5. The van der Waals surface area contributed by atoms with Crippen molar-refractivity contribution in [2.45, 2.75) is 38.8 Å². The van der Waals surface area contributed by atoms with Gasteiger partial charge in [0.1, 0.15) is 6.04 Å². The van der Waals surface area contributed by atoms with Crippen molar-refractivity contribution >= 4 is 5.97 Å². The van der Waals surface area contributed by atoms with Crippen LogP contribution in [0.2, 0.25) is 0 Å². The van der Waals surface area contributed by atoms with Crippen molar-refractivity contribution in [1.29, 1.82) is 0 Å². The summed E-state index contributed by atoms with van der Waals surface area (Å²) in [7, 11) is 1.42. The summed E-state index contributed by atoms with van der Waals surface area (Å²) in [6.07, 6.45) is 2.46. The lowest BCUT2D eigenvalue weighted by Crippen LogP contribution is -2.44. The topological polar surface area (TPSA) is 47.6 Å². The lowest BCUT2D eigenvalue weighted by atomic mass is 10.0. The zero-order chi connectivity index (χ0) is 11.3. The Morgan fingerprint density at radius 2 is 2.33 bits per heavy atom. The second-order valence-corrected chi connectivity index (χ2v) is 4.29. The molecule has 0 bridgehead atoms. The molecule has 1 heterocycles. The van der Waals surface area contributed by atoms with Crippen molar-refractivity contribution < 1.29 is 14.3 Å². The van der Waals surface area contributed by atoms with E-state index in [1.54, 1.807) is 0 Å². The Labute approximate surface area is 91.3 Å². The molecule has 0 aromatic heterocycles. The molecule has 1 aliphatic rings. The van der Waals surface area contributed by atoms with Crippen molar-refractivity contribution in [1.82, 2.24) is 5.32 Å². The van der Waals surface area contributed by atoms with Gasteiger partial charge in [0.05, 0.1) is 13.2 Å². The van der Waals surface area contributed by atoms with E-state index < -0.39 is 0 Å². The summed E-state index contributed by atoms with van der Waals surface area (Å²) < 4.78 is 10.2. The summed E-state index contributed by atoms with van der Waals surface area (Å²) in [5, 5.41) is 3.21. The number of ether oxygens (including phenoxy) is 2. The van der Waals surface area contributed by atoms with E-state index in [1.807, 2.05) is 13.8 Å². The Balaban J connectivity index is 2.33. The third-order valence-corrected chi connectivity index (χ3v) is 2.71. The Morgan fingerprint density at radius 1 is 1.60 bits per heavy atom. The van der Waals surface area contributed by atoms with E-state index in [0.29, 0.717) is 0 Å². The molecule has 1 unspecified atom stereocenters. The third kappa shape index (κ3) is 3.80. The van der Waals surface area contributed by atoms with E-state index >= 15 is 0 Å². The smallest absolute Gasteiger partial charge is 0.323 e. The standard InChI is InChI=1S/C11H21NO3/c1-8(2)10(11(13)14-3)12-7-9-5-4-6-15-9/h8-10,12H,4-7H2,1-3H3/t9?,10-/m0/s1. The van der Waals surface area contributed by atoms with Crippen molar-refractivity contribution in [2.75, 3.05) is 20.3 Å². The van der Waals surface area contributed by atoms with E-state index in [2.05, 4.69) is 5.32 Å². The second kappa shape index (κ2) is 6.08. The maximum atomic E-state index is 11.4. The molecule has 1 fully saturated rings. The highest BCUT2D eigenvalue weighted by Crippen LogP contribution is 2.12. The zero-order valence-electron chi connectivity index (χ0n) is 9.79. The quantitative estimate of drug-likeness (QED) is 0.694. The van der Waals surface area contributed by atoms with Crippen LogP contribution in [0.1, 0.15) is 26.7 Å². The minimum Gasteiger partial charge on any atom is -0.468 e. The van der Waals surface area contributed by atoms with E-state index in [0.717, 1.165) is 26.0 Å². The molecular formula is C11H21NO3. The third-order valence-electron chi connectivity index (χ3n) is 2.71. The molecule has 0 aromatic carbocycles. The van der Waals surface area contributed by atoms with Gasteiger partial charge in [0, 0.05) is 13.2 Å². The van der Waals surface area contributed by atoms with Crippen LogP contribution in [-0.4, -0.2) is 38.4 Å². The number of hydrogen-bond acceptors (Lipinski definition) is 4. The van der Waals surface area contributed by atoms with Gasteiger partial charge in [-0.3, -0.25) is 4.79 Å². The van der Waals surface area contributed by atoms with Crippen LogP contribution in [0.4, 0.5) is 0 Å². The number of esters is 1. The largest absolute Gasteiger partial charge is 0.468 e. The molecule has 0 saturated carbocycles. The SMILES string of the molecule is COC(=O)[C@@H](NCC1CCCO1)C(C)C. The van der Waals surface area contributed by atoms with Gasteiger partial charge in [-0.25, -0.2) is 0 Å². The van der Waals surface area contributed by atoms with Crippen LogP contribution in [0.3, 0.4) is 0 Å². The van der Waals surface area contributed by atoms with Crippen molar-refractivity contribution in [2.24, 2.45) is 5.92 Å². The van der Waals surface area contributed by atoms with Crippen LogP contribution in [0.15, 0.2) is 0 Å². The van der Waals surface area contributed by atoms with E-state index in [-0.39, 0.29) is 24.0 Å². The molecule has 1 aliphatic heterocycles. The van der Waals surface area contributed by atoms with Crippen LogP contribution in [0.5, 0.6) is 0 Å². The Hall–Kier alpha value is -0.610. The number of nitrogens with one attached hydrogen (secondary N) is 1. The van der Waals surface area contributed by atoms with Crippen LogP contribution in [0.25, 0.3) is 0 Å². The van der Waals surface area contributed by atoms with Crippen molar-refractivity contribution in [3.63, 3.8) is 0 Å². The molecule has 4 nitrogen and oxygen atoms in total. The summed E-state index contributed by atoms with van der Waals surface area (Å²) in [5.74, 6) is 0.0434. The van der Waals surface area contributed by atoms with Gasteiger partial charge >= 0.3 is 5.97 Å². The monoisotopic (exact) mass is 215 g/mol. The van der Waals surface area contributed by atoms with E-state index in [1.165, 1.54) is 7.11 Å². The highest BCUT2D eigenvalue weighted by atomic mass is 16.5. The maximum Gasteiger partial charge on any atom is 0.323 e. The lowest BCUT2D eigenvalue weighted by Gasteiger charge is -2.21. The molecule has 15 heavy (non-hydrogen) atoms. The average molecular weight is 215 g/mol. The van der Waals surface area contributed by atoms with Crippen LogP contribution < -0.4 is 5.32 Å². The van der Waals surface area contributed by atoms with Crippen LogP contribution in [0, 0.1) is 5.92 Å². The van der Waals surface area contributed by atoms with Crippen molar-refractivity contribution in [3.05, 3.63) is 0 Å². The Kier molecular flexibility index (Phi) is 5.05. The lowest BCUT2D eigenvalue weighted by molar-refractivity contribution is -0.144. The maximum absolute atomic E-state index is 11.4. The van der Waals surface area contributed by atoms with Gasteiger partial charge in [0.2, 0.25) is 0 Å². The number of hydrogen-bond donors (Lipinski definition) is 1. The van der Waals surface area contributed by atoms with Gasteiger partial charge in [-0.2, -0.15) is 0 Å². The molecule has 1 rings (SSSR count). The second-order valence-electron chi connectivity index (χ2n) is 4.29. The predicted octanol–water partition coefficient (Wildman–Crippen LogP) is 0.953. The number of methoxy groups -OCH3 is 1. The molecular weight excluding hydrogens is 194 g/mol. The fraction of sp³-hybridized carbons (Fsp3) is 0.909. The predicted molar refractivity (Wildman–Crippen MR) is 57.6 cm³/mol. The van der Waals surface area contributed by atoms with Crippen LogP contribution >= 0.6 is 0 Å². The molecule has 88 valence electrons. The number of carbonyl (C=O) groups is 1. The molecule has 1 N–H and O–H groups in total. The Morgan fingerprint density at radius 3 is 2.80 bits per heavy atom. The van der Waals surface area contributed by atoms with Crippen molar-refractivity contribution in [3.8, 4) is 0 Å². The van der Waals surface area contributed by atoms with Gasteiger partial charge in [-0.05, 0) is 18.8 Å². The summed E-state index contributed by atoms with van der Waals surface area (Å²) in [6, 6.07) is -0.223. The van der Waals surface area contributed by atoms with Gasteiger partial charge in [-0.15, -0.1) is 0 Å². The molecule has 0 aliphatic carbocycles. The zero-order valence-corrected chi connectivity index (χ0v) is 9.79. The fourth-order valence-corrected chi connectivity index (χ4v) is 1.78. The first-order valence-electron chi connectivity index (χ1n) is 5.58. The molecule has 0 aromatic rings. The highest BCUT2D eigenvalue weighted by Gasteiger charge is 2.24. The fourth-order valence-electron chi connectivity index (χ4n) is 1.78. The summed E-state index contributed by atoms with van der Waals surface area (Å²) >= 11 is 0.